The van der Waals surface area contributed by atoms with Crippen molar-refractivity contribution in [1.82, 2.24) is 4.98 Å². The summed E-state index contributed by atoms with van der Waals surface area (Å²) < 4.78 is 0. The second-order valence-corrected chi connectivity index (χ2v) is 11.4. The van der Waals surface area contributed by atoms with Crippen molar-refractivity contribution < 1.29 is 9.90 Å². The normalized spacial score (nSPS) is 22.8. The summed E-state index contributed by atoms with van der Waals surface area (Å²) in [4.78, 5) is 21.9. The van der Waals surface area contributed by atoms with Crippen LogP contribution < -0.4 is 5.73 Å². The van der Waals surface area contributed by atoms with Crippen LogP contribution in [0.4, 0.5) is 0 Å². The van der Waals surface area contributed by atoms with Gasteiger partial charge in [0.15, 0.2) is 5.78 Å². The number of aromatic nitrogens is 1. The Bertz CT molecular complexity index is 1170. The Morgan fingerprint density at radius 2 is 1.59 bits per heavy atom. The largest absolute Gasteiger partial charge is 0.508 e. The molecule has 0 spiro atoms. The number of pyridine rings is 1. The molecular weight excluding hydrogens is 542 g/mol. The van der Waals surface area contributed by atoms with Gasteiger partial charge in [-0.05, 0) is 113 Å². The van der Waals surface area contributed by atoms with E-state index in [9.17, 15) is 9.90 Å². The van der Waals surface area contributed by atoms with Gasteiger partial charge in [-0.2, -0.15) is 0 Å². The van der Waals surface area contributed by atoms with E-state index in [1.165, 1.54) is 6.42 Å². The number of rotatable bonds is 7. The average molecular weight is 608 g/mol. The molecule has 2 aliphatic rings. The molecule has 0 aliphatic heterocycles. The molecule has 5 nitrogen and oxygen atoms in total. The number of nitrogens with two attached hydrogens (primary N) is 1. The van der Waals surface area contributed by atoms with Crippen LogP contribution >= 0.6 is 0 Å². The third kappa shape index (κ3) is 10.9. The molecule has 5 heteroatoms. The number of nitrogens with zero attached hydrogens (tertiary/aromatic N) is 2. The maximum absolute atomic E-state index is 13.2. The molecule has 1 heterocycles. The first-order valence-corrected chi connectivity index (χ1v) is 17.0. The molecule has 0 radical (unpaired) electrons. The summed E-state index contributed by atoms with van der Waals surface area (Å²) in [5.41, 5.74) is 10.7. The SMILES string of the molecule is C.C=C(N=C(C)N)c1ccc(C2CCC(C3CCC(C(=O)c4ccc(C)nc4C)CC3)[C@@H](CC)C2)c(O)c1.CC.CC.CC. The van der Waals surface area contributed by atoms with Gasteiger partial charge in [0, 0.05) is 28.4 Å². The topological polar surface area (TPSA) is 88.6 Å². The predicted molar refractivity (Wildman–Crippen MR) is 193 cm³/mol. The van der Waals surface area contributed by atoms with E-state index >= 15 is 0 Å². The van der Waals surface area contributed by atoms with Crippen molar-refractivity contribution >= 4 is 17.3 Å². The lowest BCUT2D eigenvalue weighted by Gasteiger charge is -2.43. The smallest absolute Gasteiger partial charge is 0.167 e. The van der Waals surface area contributed by atoms with Crippen molar-refractivity contribution in [1.29, 1.82) is 0 Å². The molecule has 3 atom stereocenters. The molecule has 0 amide bonds. The Hall–Kier alpha value is -2.95. The van der Waals surface area contributed by atoms with E-state index in [0.717, 1.165) is 73.0 Å². The van der Waals surface area contributed by atoms with Gasteiger partial charge in [-0.3, -0.25) is 9.78 Å². The van der Waals surface area contributed by atoms with Gasteiger partial charge >= 0.3 is 0 Å². The number of amidine groups is 1. The van der Waals surface area contributed by atoms with Crippen molar-refractivity contribution in [2.45, 2.75) is 134 Å². The second-order valence-electron chi connectivity index (χ2n) is 11.4. The van der Waals surface area contributed by atoms with Crippen molar-refractivity contribution in [3.63, 3.8) is 0 Å². The van der Waals surface area contributed by atoms with Crippen LogP contribution in [0.5, 0.6) is 5.75 Å². The van der Waals surface area contributed by atoms with Gasteiger partial charge in [0.25, 0.3) is 0 Å². The second kappa shape index (κ2) is 20.9. The highest BCUT2D eigenvalue weighted by Gasteiger charge is 2.38. The van der Waals surface area contributed by atoms with E-state index in [1.54, 1.807) is 13.0 Å². The molecule has 2 saturated carbocycles. The summed E-state index contributed by atoms with van der Waals surface area (Å²) in [5.74, 6) is 3.64. The maximum atomic E-state index is 13.2. The Morgan fingerprint density at radius 3 is 2.11 bits per heavy atom. The quantitative estimate of drug-likeness (QED) is 0.186. The monoisotopic (exact) mass is 608 g/mol. The van der Waals surface area contributed by atoms with Crippen molar-refractivity contribution in [2.75, 3.05) is 0 Å². The molecule has 44 heavy (non-hydrogen) atoms. The molecule has 2 unspecified atom stereocenters. The number of aromatic hydroxyl groups is 1. The standard InChI is InChI=1S/C32H43N3O2.3C2H6.CH4/c1-6-23-17-27(30-16-12-26(18-31(30)36)20(3)35-22(5)33)13-15-29(23)24-8-10-25(11-9-24)32(37)28-14-7-19(2)34-21(28)4;3*1-2;/h7,12,14,16,18,23-25,27,29,36H,3,6,8-11,13,15,17H2,1-2,4-5H3,(H2,33,35);3*1-2H3;1H4/t23-,24?,25?,27?,29?;;;;/m0..../s1. The van der Waals surface area contributed by atoms with Gasteiger partial charge in [-0.25, -0.2) is 4.99 Å². The lowest BCUT2D eigenvalue weighted by molar-refractivity contribution is 0.0761. The van der Waals surface area contributed by atoms with E-state index in [2.05, 4.69) is 23.5 Å². The van der Waals surface area contributed by atoms with Gasteiger partial charge in [-0.15, -0.1) is 0 Å². The molecule has 3 N–H and O–H groups in total. The number of ketones is 1. The maximum Gasteiger partial charge on any atom is 0.167 e. The highest BCUT2D eigenvalue weighted by atomic mass is 16.3. The number of hydrogen-bond acceptors (Lipinski definition) is 4. The zero-order chi connectivity index (χ0) is 32.7. The molecule has 1 aromatic carbocycles. The van der Waals surface area contributed by atoms with E-state index < -0.39 is 0 Å². The van der Waals surface area contributed by atoms with Gasteiger partial charge < -0.3 is 10.8 Å². The molecular formula is C39H65N3O2. The lowest BCUT2D eigenvalue weighted by atomic mass is 9.62. The van der Waals surface area contributed by atoms with Gasteiger partial charge in [0.1, 0.15) is 5.75 Å². The van der Waals surface area contributed by atoms with Crippen LogP contribution in [-0.4, -0.2) is 21.7 Å². The Kier molecular flexibility index (Phi) is 19.5. The molecule has 1 aromatic heterocycles. The van der Waals surface area contributed by atoms with Crippen LogP contribution in [0.15, 0.2) is 41.9 Å². The minimum absolute atomic E-state index is 0. The molecule has 2 aliphatic carbocycles. The zero-order valence-corrected chi connectivity index (χ0v) is 29.0. The van der Waals surface area contributed by atoms with Crippen LogP contribution in [0.25, 0.3) is 5.70 Å². The van der Waals surface area contributed by atoms with Crippen LogP contribution in [0.3, 0.4) is 0 Å². The highest BCUT2D eigenvalue weighted by Crippen LogP contribution is 2.49. The minimum Gasteiger partial charge on any atom is -0.508 e. The van der Waals surface area contributed by atoms with Crippen molar-refractivity contribution in [2.24, 2.45) is 34.4 Å². The lowest BCUT2D eigenvalue weighted by Crippen LogP contribution is -2.33. The zero-order valence-electron chi connectivity index (χ0n) is 29.0. The fraction of sp³-hybridized carbons (Fsp3) is 0.615. The number of aryl methyl sites for hydroxylation is 2. The number of hydrogen-bond donors (Lipinski definition) is 2. The molecule has 4 rings (SSSR count). The summed E-state index contributed by atoms with van der Waals surface area (Å²) in [6, 6.07) is 9.74. The average Bonchev–Trinajstić information content (AvgIpc) is 3.03. The number of phenolic OH excluding ortho intramolecular Hbond substituents is 1. The van der Waals surface area contributed by atoms with Gasteiger partial charge in [-0.1, -0.05) is 81.0 Å². The number of carbonyl (C=O) groups excluding carboxylic acids is 1. The number of phenols is 1. The van der Waals surface area contributed by atoms with E-state index in [-0.39, 0.29) is 19.1 Å². The minimum atomic E-state index is 0. The molecule has 2 aromatic rings. The van der Waals surface area contributed by atoms with Crippen LogP contribution in [0, 0.1) is 37.5 Å². The first-order valence-electron chi connectivity index (χ1n) is 17.0. The van der Waals surface area contributed by atoms with Crippen LogP contribution in [0.2, 0.25) is 0 Å². The van der Waals surface area contributed by atoms with Crippen molar-refractivity contribution in [3.8, 4) is 5.75 Å². The number of carbonyl (C=O) groups is 1. The number of aliphatic imine (C=N–C) groups is 1. The first kappa shape index (κ1) is 41.0. The number of Topliss-reactive ketones (excluding diaryl/α,β-unsaturated/α-hetero) is 1. The summed E-state index contributed by atoms with van der Waals surface area (Å²) in [7, 11) is 0. The highest BCUT2D eigenvalue weighted by molar-refractivity contribution is 5.98. The molecule has 2 fully saturated rings. The summed E-state index contributed by atoms with van der Waals surface area (Å²) in [6.45, 7) is 23.9. The van der Waals surface area contributed by atoms with Gasteiger partial charge in [0.05, 0.1) is 11.5 Å². The Labute approximate surface area is 270 Å². The van der Waals surface area contributed by atoms with E-state index in [0.29, 0.717) is 41.0 Å². The van der Waals surface area contributed by atoms with E-state index in [4.69, 9.17) is 5.73 Å². The predicted octanol–water partition coefficient (Wildman–Crippen LogP) is 11.1. The first-order chi connectivity index (χ1) is 20.7. The summed E-state index contributed by atoms with van der Waals surface area (Å²) in [5, 5.41) is 10.9. The third-order valence-corrected chi connectivity index (χ3v) is 8.92. The van der Waals surface area contributed by atoms with Crippen LogP contribution in [-0.2, 0) is 0 Å². The van der Waals surface area contributed by atoms with Crippen molar-refractivity contribution in [3.05, 3.63) is 65.0 Å². The fourth-order valence-corrected chi connectivity index (χ4v) is 6.98. The molecule has 0 bridgehead atoms. The third-order valence-electron chi connectivity index (χ3n) is 8.92. The number of benzene rings is 1. The fourth-order valence-electron chi connectivity index (χ4n) is 6.98. The Morgan fingerprint density at radius 1 is 0.977 bits per heavy atom. The Balaban J connectivity index is 0.00000249. The van der Waals surface area contributed by atoms with Crippen LogP contribution in [0.1, 0.15) is 153 Å². The molecule has 0 saturated heterocycles. The summed E-state index contributed by atoms with van der Waals surface area (Å²) >= 11 is 0. The summed E-state index contributed by atoms with van der Waals surface area (Å²) in [6.07, 6.45) is 8.83. The van der Waals surface area contributed by atoms with Gasteiger partial charge in [0.2, 0.25) is 0 Å². The van der Waals surface area contributed by atoms with E-state index in [1.807, 2.05) is 79.7 Å². The molecule has 248 valence electrons.